The van der Waals surface area contributed by atoms with Crippen LogP contribution in [0.25, 0.3) is 11.0 Å². The maximum atomic E-state index is 12.1. The van der Waals surface area contributed by atoms with E-state index in [-0.39, 0.29) is 23.5 Å². The molecule has 4 aromatic rings. The number of imide groups is 1. The van der Waals surface area contributed by atoms with Crippen LogP contribution in [0.4, 0.5) is 4.79 Å². The standard InChI is InChI=1S/C28H26ClN3O5S/c1-15-11-22(24(29)16(2)25(15)33)37-19-9-10-20-21(12-19)32(4)23(30-20)14-36-18-7-5-17(6-8-18)13-28(3)26(34)31-27(35)38-28/h5-12,33H,13-14H2,1-4H3,(H,31,34,35). The van der Waals surface area contributed by atoms with Gasteiger partial charge in [-0.25, -0.2) is 4.98 Å². The molecule has 5 rings (SSSR count). The predicted molar refractivity (Wildman–Crippen MR) is 147 cm³/mol. The molecule has 0 saturated carbocycles. The molecule has 2 heterocycles. The van der Waals surface area contributed by atoms with Gasteiger partial charge in [0.15, 0.2) is 0 Å². The van der Waals surface area contributed by atoms with Crippen LogP contribution < -0.4 is 14.8 Å². The van der Waals surface area contributed by atoms with Crippen LogP contribution in [0.15, 0.2) is 48.5 Å². The Kier molecular flexibility index (Phi) is 6.75. The summed E-state index contributed by atoms with van der Waals surface area (Å²) >= 11 is 7.42. The van der Waals surface area contributed by atoms with Crippen molar-refractivity contribution in [2.45, 2.75) is 38.5 Å². The van der Waals surface area contributed by atoms with Crippen LogP contribution in [0, 0.1) is 13.8 Å². The largest absolute Gasteiger partial charge is 0.507 e. The number of aromatic hydroxyl groups is 1. The smallest absolute Gasteiger partial charge is 0.286 e. The zero-order valence-electron chi connectivity index (χ0n) is 21.3. The Morgan fingerprint density at radius 3 is 2.50 bits per heavy atom. The number of aromatic nitrogens is 2. The Morgan fingerprint density at radius 1 is 1.11 bits per heavy atom. The summed E-state index contributed by atoms with van der Waals surface area (Å²) in [5, 5.41) is 12.5. The Labute approximate surface area is 228 Å². The molecule has 196 valence electrons. The van der Waals surface area contributed by atoms with Crippen molar-refractivity contribution in [3.8, 4) is 23.0 Å². The SMILES string of the molecule is Cc1cc(Oc2ccc3nc(COc4ccc(CC5(C)SC(=O)NC5=O)cc4)n(C)c3c2)c(Cl)c(C)c1O. The minimum atomic E-state index is -0.805. The van der Waals surface area contributed by atoms with Gasteiger partial charge in [0, 0.05) is 18.7 Å². The number of aryl methyl sites for hydroxylation is 2. The summed E-state index contributed by atoms with van der Waals surface area (Å²) in [6.07, 6.45) is 0.444. The highest BCUT2D eigenvalue weighted by Crippen LogP contribution is 2.39. The monoisotopic (exact) mass is 551 g/mol. The molecule has 2 N–H and O–H groups in total. The van der Waals surface area contributed by atoms with Crippen molar-refractivity contribution in [3.05, 3.63) is 76.1 Å². The van der Waals surface area contributed by atoms with E-state index >= 15 is 0 Å². The van der Waals surface area contributed by atoms with E-state index in [4.69, 9.17) is 21.1 Å². The molecule has 1 saturated heterocycles. The number of amides is 2. The molecule has 10 heteroatoms. The molecule has 38 heavy (non-hydrogen) atoms. The molecule has 3 aromatic carbocycles. The number of hydrogen-bond donors (Lipinski definition) is 2. The van der Waals surface area contributed by atoms with Crippen molar-refractivity contribution < 1.29 is 24.2 Å². The highest BCUT2D eigenvalue weighted by atomic mass is 35.5. The third kappa shape index (κ3) is 4.91. The van der Waals surface area contributed by atoms with Crippen molar-refractivity contribution >= 4 is 45.5 Å². The van der Waals surface area contributed by atoms with E-state index in [0.29, 0.717) is 39.8 Å². The lowest BCUT2D eigenvalue weighted by molar-refractivity contribution is -0.121. The lowest BCUT2D eigenvalue weighted by Gasteiger charge is -2.18. The second kappa shape index (κ2) is 9.89. The van der Waals surface area contributed by atoms with Crippen molar-refractivity contribution in [3.63, 3.8) is 0 Å². The van der Waals surface area contributed by atoms with E-state index in [2.05, 4.69) is 10.3 Å². The average Bonchev–Trinajstić information content (AvgIpc) is 3.33. The van der Waals surface area contributed by atoms with Crippen molar-refractivity contribution in [2.75, 3.05) is 0 Å². The summed E-state index contributed by atoms with van der Waals surface area (Å²) in [5.74, 6) is 2.37. The van der Waals surface area contributed by atoms with Crippen molar-refractivity contribution in [2.24, 2.45) is 7.05 Å². The number of phenols is 1. The maximum Gasteiger partial charge on any atom is 0.286 e. The number of benzene rings is 3. The molecule has 2 amide bonds. The summed E-state index contributed by atoms with van der Waals surface area (Å²) < 4.78 is 13.2. The number of thioether (sulfide) groups is 1. The second-order valence-electron chi connectivity index (χ2n) is 9.50. The van der Waals surface area contributed by atoms with E-state index in [0.717, 1.165) is 34.2 Å². The van der Waals surface area contributed by atoms with Gasteiger partial charge in [-0.15, -0.1) is 0 Å². The lowest BCUT2D eigenvalue weighted by Crippen LogP contribution is -2.35. The molecule has 1 fully saturated rings. The van der Waals surface area contributed by atoms with Crippen molar-refractivity contribution in [1.82, 2.24) is 14.9 Å². The summed E-state index contributed by atoms with van der Waals surface area (Å²) in [6.45, 7) is 5.57. The fraction of sp³-hybridized carbons (Fsp3) is 0.250. The number of imidazole rings is 1. The van der Waals surface area contributed by atoms with Crippen LogP contribution in [0.1, 0.15) is 29.4 Å². The molecular weight excluding hydrogens is 526 g/mol. The molecule has 0 bridgehead atoms. The highest BCUT2D eigenvalue weighted by Gasteiger charge is 2.43. The number of halogens is 1. The highest BCUT2D eigenvalue weighted by molar-refractivity contribution is 8.16. The Hall–Kier alpha value is -3.69. The molecule has 1 aliphatic heterocycles. The van der Waals surface area contributed by atoms with Crippen LogP contribution in [0.5, 0.6) is 23.0 Å². The van der Waals surface area contributed by atoms with Crippen LogP contribution in [0.3, 0.4) is 0 Å². The third-order valence-electron chi connectivity index (χ3n) is 6.64. The molecule has 8 nitrogen and oxygen atoms in total. The molecule has 1 aliphatic rings. The predicted octanol–water partition coefficient (Wildman–Crippen LogP) is 6.20. The Balaban J connectivity index is 1.28. The molecule has 1 atom stereocenters. The number of fused-ring (bicyclic) bond motifs is 1. The number of rotatable bonds is 7. The number of ether oxygens (including phenoxy) is 2. The first-order chi connectivity index (χ1) is 18.0. The molecule has 0 spiro atoms. The molecule has 0 aliphatic carbocycles. The van der Waals surface area contributed by atoms with Gasteiger partial charge in [-0.3, -0.25) is 14.9 Å². The first-order valence-electron chi connectivity index (χ1n) is 11.9. The van der Waals surface area contributed by atoms with Crippen LogP contribution >= 0.6 is 23.4 Å². The molecule has 0 radical (unpaired) electrons. The van der Waals surface area contributed by atoms with Gasteiger partial charge in [-0.2, -0.15) is 0 Å². The van der Waals surface area contributed by atoms with E-state index in [9.17, 15) is 14.7 Å². The van der Waals surface area contributed by atoms with Gasteiger partial charge in [-0.1, -0.05) is 23.7 Å². The Morgan fingerprint density at radius 2 is 1.82 bits per heavy atom. The fourth-order valence-electron chi connectivity index (χ4n) is 4.38. The first-order valence-corrected chi connectivity index (χ1v) is 13.1. The van der Waals surface area contributed by atoms with E-state index in [1.54, 1.807) is 26.8 Å². The Bertz CT molecular complexity index is 1580. The number of nitrogens with one attached hydrogen (secondary N) is 1. The second-order valence-corrected chi connectivity index (χ2v) is 11.4. The van der Waals surface area contributed by atoms with Crippen LogP contribution in [0.2, 0.25) is 5.02 Å². The van der Waals surface area contributed by atoms with Crippen molar-refractivity contribution in [1.29, 1.82) is 0 Å². The summed E-state index contributed by atoms with van der Waals surface area (Å²) in [7, 11) is 1.91. The summed E-state index contributed by atoms with van der Waals surface area (Å²) in [4.78, 5) is 28.3. The normalized spacial score (nSPS) is 17.2. The summed E-state index contributed by atoms with van der Waals surface area (Å²) in [6, 6.07) is 14.8. The van der Waals surface area contributed by atoms with Gasteiger partial charge in [0.05, 0.1) is 16.1 Å². The van der Waals surface area contributed by atoms with Crippen LogP contribution in [-0.2, 0) is 24.9 Å². The zero-order valence-corrected chi connectivity index (χ0v) is 22.9. The molecular formula is C28H26ClN3O5S. The van der Waals surface area contributed by atoms with Gasteiger partial charge in [0.2, 0.25) is 5.91 Å². The van der Waals surface area contributed by atoms with Gasteiger partial charge >= 0.3 is 0 Å². The topological polar surface area (TPSA) is 103 Å². The average molecular weight is 552 g/mol. The minimum Gasteiger partial charge on any atom is -0.507 e. The van der Waals surface area contributed by atoms with Gasteiger partial charge in [0.25, 0.3) is 5.24 Å². The number of hydrogen-bond acceptors (Lipinski definition) is 7. The third-order valence-corrected chi connectivity index (χ3v) is 8.18. The van der Waals surface area contributed by atoms with Crippen LogP contribution in [-0.4, -0.2) is 30.6 Å². The van der Waals surface area contributed by atoms with E-state index < -0.39 is 4.75 Å². The molecule has 1 aromatic heterocycles. The van der Waals surface area contributed by atoms with E-state index in [1.807, 2.05) is 54.1 Å². The zero-order chi connectivity index (χ0) is 27.2. The number of carbonyl (C=O) groups is 2. The maximum absolute atomic E-state index is 12.1. The van der Waals surface area contributed by atoms with Gasteiger partial charge in [0.1, 0.15) is 40.2 Å². The van der Waals surface area contributed by atoms with Gasteiger partial charge in [-0.05, 0) is 80.4 Å². The quantitative estimate of drug-likeness (QED) is 0.282. The first kappa shape index (κ1) is 25.9. The fourth-order valence-corrected chi connectivity index (χ4v) is 5.50. The van der Waals surface area contributed by atoms with E-state index in [1.165, 1.54) is 0 Å². The number of phenolic OH excluding ortho intramolecular Hbond substituents is 1. The molecule has 1 unspecified atom stereocenters. The number of nitrogens with zero attached hydrogens (tertiary/aromatic N) is 2. The summed E-state index contributed by atoms with van der Waals surface area (Å²) in [5.41, 5.74) is 3.86. The minimum absolute atomic E-state index is 0.162. The lowest BCUT2D eigenvalue weighted by atomic mass is 9.99. The number of carbonyl (C=O) groups excluding carboxylic acids is 2. The van der Waals surface area contributed by atoms with Gasteiger partial charge < -0.3 is 19.1 Å².